The Labute approximate surface area is 196 Å². The minimum absolute atomic E-state index is 0.165. The van der Waals surface area contributed by atoms with E-state index in [-0.39, 0.29) is 16.6 Å². The van der Waals surface area contributed by atoms with Crippen LogP contribution in [0.4, 0.5) is 4.39 Å². The predicted molar refractivity (Wildman–Crippen MR) is 127 cm³/mol. The van der Waals surface area contributed by atoms with Crippen LogP contribution in [0.3, 0.4) is 0 Å². The van der Waals surface area contributed by atoms with E-state index in [9.17, 15) is 12.8 Å². The van der Waals surface area contributed by atoms with Gasteiger partial charge in [-0.15, -0.1) is 0 Å². The third kappa shape index (κ3) is 4.26. The van der Waals surface area contributed by atoms with Crippen LogP contribution in [-0.4, -0.2) is 54.6 Å². The van der Waals surface area contributed by atoms with E-state index in [2.05, 4.69) is 15.4 Å². The van der Waals surface area contributed by atoms with Gasteiger partial charge in [0.05, 0.1) is 29.4 Å². The van der Waals surface area contributed by atoms with Crippen LogP contribution in [-0.2, 0) is 9.84 Å². The fourth-order valence-corrected chi connectivity index (χ4v) is 4.91. The van der Waals surface area contributed by atoms with Gasteiger partial charge in [-0.2, -0.15) is 5.10 Å². The second-order valence-corrected chi connectivity index (χ2v) is 10.4. The molecule has 1 aliphatic heterocycles. The Morgan fingerprint density at radius 2 is 1.82 bits per heavy atom. The fraction of sp³-hybridized carbons (Fsp3) is 0.292. The molecule has 10 heteroatoms. The standard InChI is InChI=1S/C24H24FN5O3S/c1-33-22-11-19-21(12-20(22)25)28-24(29-23(19)16-7-9-26-10-8-16)30-14-17(13-27-30)15-3-5-18(6-4-15)34(2,31)32/h3-6,11-14,16,26H,7-10H2,1-2H3. The van der Waals surface area contributed by atoms with Gasteiger partial charge in [-0.3, -0.25) is 0 Å². The summed E-state index contributed by atoms with van der Waals surface area (Å²) >= 11 is 0. The lowest BCUT2D eigenvalue weighted by molar-refractivity contribution is 0.387. The number of sulfone groups is 1. The van der Waals surface area contributed by atoms with Crippen LogP contribution in [0.5, 0.6) is 5.75 Å². The average Bonchev–Trinajstić information content (AvgIpc) is 3.33. The highest BCUT2D eigenvalue weighted by atomic mass is 32.2. The Bertz CT molecular complexity index is 1460. The Balaban J connectivity index is 1.58. The van der Waals surface area contributed by atoms with Crippen molar-refractivity contribution >= 4 is 20.7 Å². The Morgan fingerprint density at radius 1 is 1.09 bits per heavy atom. The first-order valence-electron chi connectivity index (χ1n) is 10.9. The van der Waals surface area contributed by atoms with Crippen molar-refractivity contribution in [3.05, 3.63) is 60.3 Å². The van der Waals surface area contributed by atoms with Gasteiger partial charge in [-0.25, -0.2) is 27.5 Å². The van der Waals surface area contributed by atoms with E-state index in [4.69, 9.17) is 9.72 Å². The van der Waals surface area contributed by atoms with Crippen molar-refractivity contribution < 1.29 is 17.5 Å². The molecular weight excluding hydrogens is 457 g/mol. The van der Waals surface area contributed by atoms with Crippen LogP contribution in [0.25, 0.3) is 28.0 Å². The summed E-state index contributed by atoms with van der Waals surface area (Å²) in [4.78, 5) is 9.70. The van der Waals surface area contributed by atoms with Crippen molar-refractivity contribution in [2.45, 2.75) is 23.7 Å². The topological polar surface area (TPSA) is 99.0 Å². The number of nitrogens with one attached hydrogen (secondary N) is 1. The van der Waals surface area contributed by atoms with E-state index in [1.165, 1.54) is 19.4 Å². The van der Waals surface area contributed by atoms with E-state index in [0.717, 1.165) is 48.1 Å². The fourth-order valence-electron chi connectivity index (χ4n) is 4.28. The molecule has 2 aromatic heterocycles. The van der Waals surface area contributed by atoms with E-state index < -0.39 is 15.7 Å². The molecule has 0 bridgehead atoms. The summed E-state index contributed by atoms with van der Waals surface area (Å²) in [7, 11) is -1.83. The molecule has 5 rings (SSSR count). The quantitative estimate of drug-likeness (QED) is 0.466. The summed E-state index contributed by atoms with van der Waals surface area (Å²) in [6.45, 7) is 1.78. The maximum absolute atomic E-state index is 14.5. The maximum atomic E-state index is 14.5. The molecule has 3 heterocycles. The Kier molecular flexibility index (Phi) is 5.78. The first kappa shape index (κ1) is 22.4. The maximum Gasteiger partial charge on any atom is 0.251 e. The minimum atomic E-state index is -3.27. The van der Waals surface area contributed by atoms with Gasteiger partial charge in [0.15, 0.2) is 21.4 Å². The second-order valence-electron chi connectivity index (χ2n) is 8.41. The van der Waals surface area contributed by atoms with Gasteiger partial charge in [0.2, 0.25) is 0 Å². The zero-order valence-corrected chi connectivity index (χ0v) is 19.6. The molecule has 0 atom stereocenters. The summed E-state index contributed by atoms with van der Waals surface area (Å²) in [6, 6.07) is 9.66. The van der Waals surface area contributed by atoms with Gasteiger partial charge in [0.1, 0.15) is 0 Å². The first-order chi connectivity index (χ1) is 16.3. The number of benzene rings is 2. The zero-order chi connectivity index (χ0) is 23.9. The molecule has 4 aromatic rings. The second kappa shape index (κ2) is 8.77. The number of fused-ring (bicyclic) bond motifs is 1. The Hall–Kier alpha value is -3.37. The number of methoxy groups -OCH3 is 1. The summed E-state index contributed by atoms with van der Waals surface area (Å²) < 4.78 is 44.7. The lowest BCUT2D eigenvalue weighted by Crippen LogP contribution is -2.27. The molecular formula is C24H24FN5O3S. The van der Waals surface area contributed by atoms with Crippen molar-refractivity contribution in [1.29, 1.82) is 0 Å². The van der Waals surface area contributed by atoms with Crippen molar-refractivity contribution in [2.75, 3.05) is 26.5 Å². The normalized spacial score (nSPS) is 15.0. The third-order valence-electron chi connectivity index (χ3n) is 6.12. The lowest BCUT2D eigenvalue weighted by atomic mass is 9.92. The van der Waals surface area contributed by atoms with Gasteiger partial charge < -0.3 is 10.1 Å². The molecule has 34 heavy (non-hydrogen) atoms. The highest BCUT2D eigenvalue weighted by Crippen LogP contribution is 2.33. The van der Waals surface area contributed by atoms with Gasteiger partial charge >= 0.3 is 0 Å². The van der Waals surface area contributed by atoms with Gasteiger partial charge in [-0.05, 0) is 49.7 Å². The highest BCUT2D eigenvalue weighted by molar-refractivity contribution is 7.90. The van der Waals surface area contributed by atoms with Crippen molar-refractivity contribution in [3.63, 3.8) is 0 Å². The molecule has 0 aliphatic carbocycles. The van der Waals surface area contributed by atoms with E-state index >= 15 is 0 Å². The van der Waals surface area contributed by atoms with Gasteiger partial charge in [-0.1, -0.05) is 12.1 Å². The van der Waals surface area contributed by atoms with Crippen molar-refractivity contribution in [3.8, 4) is 22.8 Å². The molecule has 1 aliphatic rings. The van der Waals surface area contributed by atoms with Crippen LogP contribution in [0.1, 0.15) is 24.5 Å². The summed E-state index contributed by atoms with van der Waals surface area (Å²) in [6.07, 6.45) is 6.46. The molecule has 2 aromatic carbocycles. The zero-order valence-electron chi connectivity index (χ0n) is 18.8. The average molecular weight is 482 g/mol. The number of hydrogen-bond donors (Lipinski definition) is 1. The predicted octanol–water partition coefficient (Wildman–Crippen LogP) is 3.50. The molecule has 0 saturated carbocycles. The van der Waals surface area contributed by atoms with Crippen LogP contribution in [0.2, 0.25) is 0 Å². The van der Waals surface area contributed by atoms with E-state index in [1.54, 1.807) is 47.4 Å². The largest absolute Gasteiger partial charge is 0.494 e. The van der Waals surface area contributed by atoms with Gasteiger partial charge in [0, 0.05) is 35.4 Å². The smallest absolute Gasteiger partial charge is 0.251 e. The molecule has 0 amide bonds. The number of rotatable bonds is 5. The Morgan fingerprint density at radius 3 is 2.50 bits per heavy atom. The molecule has 0 unspecified atom stereocenters. The number of hydrogen-bond acceptors (Lipinski definition) is 7. The highest BCUT2D eigenvalue weighted by Gasteiger charge is 2.23. The van der Waals surface area contributed by atoms with E-state index in [0.29, 0.717) is 11.5 Å². The number of ether oxygens (including phenoxy) is 1. The minimum Gasteiger partial charge on any atom is -0.494 e. The summed E-state index contributed by atoms with van der Waals surface area (Å²) in [5.74, 6) is 0.241. The molecule has 0 spiro atoms. The van der Waals surface area contributed by atoms with Crippen LogP contribution in [0.15, 0.2) is 53.7 Å². The van der Waals surface area contributed by atoms with Crippen molar-refractivity contribution in [2.24, 2.45) is 0 Å². The number of halogens is 1. The third-order valence-corrected chi connectivity index (χ3v) is 7.24. The number of nitrogens with zero attached hydrogens (tertiary/aromatic N) is 4. The van der Waals surface area contributed by atoms with Crippen LogP contribution < -0.4 is 10.1 Å². The molecule has 8 nitrogen and oxygen atoms in total. The first-order valence-corrected chi connectivity index (χ1v) is 12.8. The number of piperidine rings is 1. The SMILES string of the molecule is COc1cc2c(C3CCNCC3)nc(-n3cc(-c4ccc(S(C)(=O)=O)cc4)cn3)nc2cc1F. The lowest BCUT2D eigenvalue weighted by Gasteiger charge is -2.23. The molecule has 0 radical (unpaired) electrons. The number of aromatic nitrogens is 4. The van der Waals surface area contributed by atoms with Gasteiger partial charge in [0.25, 0.3) is 5.95 Å². The molecule has 1 N–H and O–H groups in total. The van der Waals surface area contributed by atoms with Crippen LogP contribution in [0, 0.1) is 5.82 Å². The molecule has 1 saturated heterocycles. The van der Waals surface area contributed by atoms with E-state index in [1.807, 2.05) is 0 Å². The monoisotopic (exact) mass is 481 g/mol. The molecule has 1 fully saturated rings. The summed E-state index contributed by atoms with van der Waals surface area (Å²) in [5, 5.41) is 8.56. The summed E-state index contributed by atoms with van der Waals surface area (Å²) in [5.41, 5.74) is 2.95. The van der Waals surface area contributed by atoms with Crippen LogP contribution >= 0.6 is 0 Å². The molecule has 176 valence electrons. The van der Waals surface area contributed by atoms with Crippen molar-refractivity contribution in [1.82, 2.24) is 25.1 Å².